The van der Waals surface area contributed by atoms with E-state index >= 15 is 0 Å². The predicted octanol–water partition coefficient (Wildman–Crippen LogP) is 3.44. The Morgan fingerprint density at radius 1 is 1.00 bits per heavy atom. The van der Waals surface area contributed by atoms with E-state index in [4.69, 9.17) is 0 Å². The minimum absolute atomic E-state index is 0.235. The summed E-state index contributed by atoms with van der Waals surface area (Å²) in [6, 6.07) is 14.3. The van der Waals surface area contributed by atoms with E-state index in [-0.39, 0.29) is 24.0 Å². The fourth-order valence-electron chi connectivity index (χ4n) is 2.87. The van der Waals surface area contributed by atoms with E-state index < -0.39 is 10.0 Å². The zero-order valence-corrected chi connectivity index (χ0v) is 17.9. The number of nitrogens with zero attached hydrogens (tertiary/aromatic N) is 2. The number of aryl methyl sites for hydroxylation is 1. The molecule has 0 spiro atoms. The van der Waals surface area contributed by atoms with E-state index in [2.05, 4.69) is 21.2 Å². The summed E-state index contributed by atoms with van der Waals surface area (Å²) in [6.45, 7) is 3.17. The largest absolute Gasteiger partial charge is 0.322 e. The number of urea groups is 1. The molecule has 8 heteroatoms. The van der Waals surface area contributed by atoms with E-state index in [1.54, 1.807) is 35.4 Å². The molecular formula is C20H22BrN3O3S. The molecule has 2 aromatic carbocycles. The molecule has 0 aromatic heterocycles. The first-order valence-corrected chi connectivity index (χ1v) is 11.1. The first-order chi connectivity index (χ1) is 13.4. The maximum atomic E-state index is 12.7. The molecule has 6 nitrogen and oxygen atoms in total. The molecule has 28 heavy (non-hydrogen) atoms. The fourth-order valence-corrected chi connectivity index (χ4v) is 4.55. The van der Waals surface area contributed by atoms with Crippen molar-refractivity contribution in [1.82, 2.24) is 14.5 Å². The Labute approximate surface area is 174 Å². The number of rotatable bonds is 4. The zero-order valence-electron chi connectivity index (χ0n) is 15.5. The van der Waals surface area contributed by atoms with Crippen molar-refractivity contribution in [2.24, 2.45) is 0 Å². The van der Waals surface area contributed by atoms with Crippen LogP contribution in [0.5, 0.6) is 0 Å². The Kier molecular flexibility index (Phi) is 6.53. The third-order valence-electron chi connectivity index (χ3n) is 4.54. The first kappa shape index (κ1) is 20.6. The molecule has 148 valence electrons. The number of piperazine rings is 1. The Hall–Kier alpha value is -2.16. The van der Waals surface area contributed by atoms with Gasteiger partial charge in [0.1, 0.15) is 0 Å². The molecule has 0 unspecified atom stereocenters. The van der Waals surface area contributed by atoms with E-state index in [1.165, 1.54) is 4.31 Å². The number of benzene rings is 2. The lowest BCUT2D eigenvalue weighted by molar-refractivity contribution is 0.175. The quantitative estimate of drug-likeness (QED) is 0.754. The van der Waals surface area contributed by atoms with Crippen molar-refractivity contribution >= 4 is 38.1 Å². The van der Waals surface area contributed by atoms with Crippen LogP contribution in [0.4, 0.5) is 4.79 Å². The lowest BCUT2D eigenvalue weighted by atomic mass is 10.2. The van der Waals surface area contributed by atoms with Crippen molar-refractivity contribution in [1.29, 1.82) is 0 Å². The predicted molar refractivity (Wildman–Crippen MR) is 113 cm³/mol. The summed E-state index contributed by atoms with van der Waals surface area (Å²) in [7, 11) is -3.53. The Morgan fingerprint density at radius 3 is 2.21 bits per heavy atom. The number of hydrogen-bond donors (Lipinski definition) is 1. The highest BCUT2D eigenvalue weighted by Gasteiger charge is 2.29. The Balaban J connectivity index is 1.53. The summed E-state index contributed by atoms with van der Waals surface area (Å²) >= 11 is 3.38. The average Bonchev–Trinajstić information content (AvgIpc) is 2.70. The maximum absolute atomic E-state index is 12.7. The highest BCUT2D eigenvalue weighted by molar-refractivity contribution is 9.10. The standard InChI is InChI=1S/C20H22BrN3O3S/c1-16-2-8-19(9-3-16)28(26,27)24-14-12-23(13-15-24)20(25)22-11-10-17-4-6-18(21)7-5-17/h2-11H,12-15H2,1H3,(H,22,25)/b11-10+. The summed E-state index contributed by atoms with van der Waals surface area (Å²) in [4.78, 5) is 14.2. The fraction of sp³-hybridized carbons (Fsp3) is 0.250. The van der Waals surface area contributed by atoms with Gasteiger partial charge in [-0.15, -0.1) is 0 Å². The number of halogens is 1. The molecule has 1 N–H and O–H groups in total. The van der Waals surface area contributed by atoms with Gasteiger partial charge < -0.3 is 10.2 Å². The number of carbonyl (C=O) groups is 1. The Morgan fingerprint density at radius 2 is 1.61 bits per heavy atom. The molecule has 1 saturated heterocycles. The van der Waals surface area contributed by atoms with Crippen molar-refractivity contribution in [2.45, 2.75) is 11.8 Å². The molecule has 1 heterocycles. The van der Waals surface area contributed by atoms with Crippen LogP contribution in [0.25, 0.3) is 6.08 Å². The van der Waals surface area contributed by atoms with Gasteiger partial charge in [-0.2, -0.15) is 4.31 Å². The van der Waals surface area contributed by atoms with Crippen molar-refractivity contribution in [3.8, 4) is 0 Å². The second-order valence-corrected chi connectivity index (χ2v) is 9.39. The van der Waals surface area contributed by atoms with Crippen molar-refractivity contribution < 1.29 is 13.2 Å². The van der Waals surface area contributed by atoms with E-state index in [0.29, 0.717) is 13.1 Å². The van der Waals surface area contributed by atoms with Gasteiger partial charge in [0.15, 0.2) is 0 Å². The molecule has 2 amide bonds. The van der Waals surface area contributed by atoms with Crippen LogP contribution in [-0.2, 0) is 10.0 Å². The van der Waals surface area contributed by atoms with Crippen LogP contribution in [0.2, 0.25) is 0 Å². The van der Waals surface area contributed by atoms with Gasteiger partial charge in [-0.3, -0.25) is 0 Å². The normalized spacial score (nSPS) is 15.7. The lowest BCUT2D eigenvalue weighted by Crippen LogP contribution is -2.52. The summed E-state index contributed by atoms with van der Waals surface area (Å²) in [6.07, 6.45) is 3.41. The van der Waals surface area contributed by atoms with Gasteiger partial charge in [-0.1, -0.05) is 45.8 Å². The van der Waals surface area contributed by atoms with Gasteiger partial charge in [-0.05, 0) is 42.8 Å². The van der Waals surface area contributed by atoms with Gasteiger partial charge in [0.25, 0.3) is 0 Å². The summed E-state index contributed by atoms with van der Waals surface area (Å²) < 4.78 is 27.9. The van der Waals surface area contributed by atoms with Crippen LogP contribution in [0.1, 0.15) is 11.1 Å². The van der Waals surface area contributed by atoms with E-state index in [1.807, 2.05) is 37.3 Å². The van der Waals surface area contributed by atoms with Gasteiger partial charge in [-0.25, -0.2) is 13.2 Å². The highest BCUT2D eigenvalue weighted by Crippen LogP contribution is 2.18. The number of sulfonamides is 1. The van der Waals surface area contributed by atoms with Crippen LogP contribution in [-0.4, -0.2) is 49.8 Å². The molecule has 1 fully saturated rings. The third-order valence-corrected chi connectivity index (χ3v) is 6.98. The Bertz CT molecular complexity index is 949. The summed E-state index contributed by atoms with van der Waals surface area (Å²) in [5, 5.41) is 2.73. The summed E-state index contributed by atoms with van der Waals surface area (Å²) in [5.41, 5.74) is 1.98. The smallest absolute Gasteiger partial charge is 0.321 e. The molecule has 0 atom stereocenters. The van der Waals surface area contributed by atoms with E-state index in [9.17, 15) is 13.2 Å². The van der Waals surface area contributed by atoms with Crippen LogP contribution in [0.15, 0.2) is 64.1 Å². The maximum Gasteiger partial charge on any atom is 0.321 e. The van der Waals surface area contributed by atoms with Gasteiger partial charge in [0.2, 0.25) is 10.0 Å². The summed E-state index contributed by atoms with van der Waals surface area (Å²) in [5.74, 6) is 0. The average molecular weight is 464 g/mol. The molecule has 0 aliphatic carbocycles. The molecule has 0 radical (unpaired) electrons. The first-order valence-electron chi connectivity index (χ1n) is 8.91. The monoisotopic (exact) mass is 463 g/mol. The van der Waals surface area contributed by atoms with E-state index in [0.717, 1.165) is 15.6 Å². The number of carbonyl (C=O) groups excluding carboxylic acids is 1. The molecular weight excluding hydrogens is 442 g/mol. The molecule has 2 aromatic rings. The molecule has 3 rings (SSSR count). The minimum Gasteiger partial charge on any atom is -0.322 e. The van der Waals surface area contributed by atoms with Crippen LogP contribution >= 0.6 is 15.9 Å². The zero-order chi connectivity index (χ0) is 20.1. The molecule has 1 aliphatic rings. The van der Waals surface area contributed by atoms with Crippen LogP contribution in [0.3, 0.4) is 0 Å². The second kappa shape index (κ2) is 8.89. The van der Waals surface area contributed by atoms with Crippen molar-refractivity contribution in [2.75, 3.05) is 26.2 Å². The van der Waals surface area contributed by atoms with Gasteiger partial charge in [0, 0.05) is 36.9 Å². The second-order valence-electron chi connectivity index (χ2n) is 6.54. The van der Waals surface area contributed by atoms with Gasteiger partial charge >= 0.3 is 6.03 Å². The number of hydrogen-bond acceptors (Lipinski definition) is 3. The third kappa shape index (κ3) is 5.01. The number of nitrogens with one attached hydrogen (secondary N) is 1. The van der Waals surface area contributed by atoms with Crippen LogP contribution in [0, 0.1) is 6.92 Å². The van der Waals surface area contributed by atoms with Crippen LogP contribution < -0.4 is 5.32 Å². The topological polar surface area (TPSA) is 69.7 Å². The molecule has 0 saturated carbocycles. The highest BCUT2D eigenvalue weighted by atomic mass is 79.9. The molecule has 1 aliphatic heterocycles. The number of amides is 2. The van der Waals surface area contributed by atoms with Crippen molar-refractivity contribution in [3.05, 3.63) is 70.3 Å². The van der Waals surface area contributed by atoms with Gasteiger partial charge in [0.05, 0.1) is 4.90 Å². The SMILES string of the molecule is Cc1ccc(S(=O)(=O)N2CCN(C(=O)N/C=C/c3ccc(Br)cc3)CC2)cc1. The minimum atomic E-state index is -3.53. The molecule has 0 bridgehead atoms. The van der Waals surface area contributed by atoms with Crippen molar-refractivity contribution in [3.63, 3.8) is 0 Å². The lowest BCUT2D eigenvalue weighted by Gasteiger charge is -2.33.